The highest BCUT2D eigenvalue weighted by Crippen LogP contribution is 2.27. The van der Waals surface area contributed by atoms with E-state index in [1.807, 2.05) is 23.6 Å². The van der Waals surface area contributed by atoms with Crippen molar-refractivity contribution in [2.45, 2.75) is 64.5 Å². The van der Waals surface area contributed by atoms with Crippen molar-refractivity contribution in [1.29, 1.82) is 0 Å². The molecule has 3 aromatic heterocycles. The maximum absolute atomic E-state index is 4.60. The summed E-state index contributed by atoms with van der Waals surface area (Å²) >= 11 is 0. The second-order valence-corrected chi connectivity index (χ2v) is 7.85. The topological polar surface area (TPSA) is 77.0 Å². The largest absolute Gasteiger partial charge is 0.314 e. The summed E-state index contributed by atoms with van der Waals surface area (Å²) in [7, 11) is 0. The van der Waals surface area contributed by atoms with Gasteiger partial charge in [0.1, 0.15) is 11.6 Å². The van der Waals surface area contributed by atoms with E-state index in [1.165, 1.54) is 25.1 Å². The van der Waals surface area contributed by atoms with Crippen molar-refractivity contribution >= 4 is 5.65 Å². The first-order valence-electron chi connectivity index (χ1n) is 10.1. The van der Waals surface area contributed by atoms with Crippen LogP contribution in [-0.4, -0.2) is 52.6 Å². The normalized spacial score (nSPS) is 19.3. The van der Waals surface area contributed by atoms with Gasteiger partial charge in [-0.1, -0.05) is 6.42 Å². The minimum absolute atomic E-state index is 0.418. The standard InChI is InChI=1S/C19H26N8/c1-14-6-7-17-21-23-19(27(17)24-14)15-8-11-25(12-9-15)13-18-22-20-16-5-3-2-4-10-26(16)18/h6-7,15H,2-5,8-13H2,1H3. The van der Waals surface area contributed by atoms with Crippen LogP contribution in [0.3, 0.4) is 0 Å². The summed E-state index contributed by atoms with van der Waals surface area (Å²) in [5.41, 5.74) is 1.83. The van der Waals surface area contributed by atoms with E-state index < -0.39 is 0 Å². The van der Waals surface area contributed by atoms with Gasteiger partial charge in [0.05, 0.1) is 12.2 Å². The third kappa shape index (κ3) is 3.22. The van der Waals surface area contributed by atoms with Crippen LogP contribution >= 0.6 is 0 Å². The van der Waals surface area contributed by atoms with Crippen molar-refractivity contribution < 1.29 is 0 Å². The predicted octanol–water partition coefficient (Wildman–Crippen LogP) is 2.13. The molecular formula is C19H26N8. The van der Waals surface area contributed by atoms with E-state index in [1.54, 1.807) is 0 Å². The molecule has 0 saturated carbocycles. The number of hydrogen-bond donors (Lipinski definition) is 0. The minimum atomic E-state index is 0.418. The molecule has 3 aromatic rings. The van der Waals surface area contributed by atoms with Gasteiger partial charge >= 0.3 is 0 Å². The summed E-state index contributed by atoms with van der Waals surface area (Å²) < 4.78 is 4.28. The van der Waals surface area contributed by atoms with E-state index in [-0.39, 0.29) is 0 Å². The molecule has 0 amide bonds. The molecule has 0 bridgehead atoms. The molecule has 0 spiro atoms. The van der Waals surface area contributed by atoms with Crippen LogP contribution in [-0.2, 0) is 19.5 Å². The summed E-state index contributed by atoms with van der Waals surface area (Å²) in [5, 5.41) is 22.3. The Labute approximate surface area is 158 Å². The van der Waals surface area contributed by atoms with E-state index in [0.29, 0.717) is 5.92 Å². The number of fused-ring (bicyclic) bond motifs is 2. The van der Waals surface area contributed by atoms with Gasteiger partial charge in [0.2, 0.25) is 0 Å². The Balaban J connectivity index is 1.27. The van der Waals surface area contributed by atoms with Gasteiger partial charge in [-0.3, -0.25) is 4.90 Å². The van der Waals surface area contributed by atoms with Crippen LogP contribution in [0, 0.1) is 6.92 Å². The highest BCUT2D eigenvalue weighted by molar-refractivity contribution is 5.36. The van der Waals surface area contributed by atoms with Gasteiger partial charge in [-0.05, 0) is 57.8 Å². The van der Waals surface area contributed by atoms with Crippen molar-refractivity contribution in [3.8, 4) is 0 Å². The van der Waals surface area contributed by atoms with Crippen LogP contribution in [0.2, 0.25) is 0 Å². The molecule has 1 saturated heterocycles. The molecule has 5 heterocycles. The van der Waals surface area contributed by atoms with Gasteiger partial charge < -0.3 is 4.57 Å². The molecule has 0 atom stereocenters. The summed E-state index contributed by atoms with van der Waals surface area (Å²) in [4.78, 5) is 2.50. The third-order valence-corrected chi connectivity index (χ3v) is 5.92. The fourth-order valence-corrected chi connectivity index (χ4v) is 4.36. The minimum Gasteiger partial charge on any atom is -0.314 e. The fourth-order valence-electron chi connectivity index (χ4n) is 4.36. The van der Waals surface area contributed by atoms with E-state index in [0.717, 1.165) is 68.4 Å². The molecule has 142 valence electrons. The number of aromatic nitrogens is 7. The lowest BCUT2D eigenvalue weighted by atomic mass is 9.96. The molecule has 27 heavy (non-hydrogen) atoms. The van der Waals surface area contributed by atoms with E-state index >= 15 is 0 Å². The van der Waals surface area contributed by atoms with Crippen LogP contribution in [0.25, 0.3) is 5.65 Å². The molecule has 2 aliphatic rings. The molecule has 8 nitrogen and oxygen atoms in total. The molecule has 8 heteroatoms. The second kappa shape index (κ2) is 6.99. The summed E-state index contributed by atoms with van der Waals surface area (Å²) in [6.45, 7) is 6.08. The first-order chi connectivity index (χ1) is 13.3. The van der Waals surface area contributed by atoms with Crippen LogP contribution in [0.4, 0.5) is 0 Å². The zero-order valence-electron chi connectivity index (χ0n) is 15.9. The van der Waals surface area contributed by atoms with Crippen molar-refractivity contribution in [3.05, 3.63) is 35.3 Å². The Morgan fingerprint density at radius 3 is 2.74 bits per heavy atom. The number of likely N-dealkylation sites (tertiary alicyclic amines) is 1. The van der Waals surface area contributed by atoms with Gasteiger partial charge in [-0.15, -0.1) is 20.4 Å². The van der Waals surface area contributed by atoms with Crippen LogP contribution in [0.15, 0.2) is 12.1 Å². The average molecular weight is 366 g/mol. The lowest BCUT2D eigenvalue weighted by Gasteiger charge is -2.30. The zero-order chi connectivity index (χ0) is 18.2. The second-order valence-electron chi connectivity index (χ2n) is 7.85. The number of aryl methyl sites for hydroxylation is 2. The van der Waals surface area contributed by atoms with Crippen LogP contribution < -0.4 is 0 Å². The molecular weight excluding hydrogens is 340 g/mol. The number of rotatable bonds is 3. The average Bonchev–Trinajstić information content (AvgIpc) is 3.18. The molecule has 1 fully saturated rings. The Bertz CT molecular complexity index is 934. The van der Waals surface area contributed by atoms with Crippen molar-refractivity contribution in [1.82, 2.24) is 39.5 Å². The Hall–Kier alpha value is -2.35. The maximum Gasteiger partial charge on any atom is 0.177 e. The Morgan fingerprint density at radius 1 is 0.963 bits per heavy atom. The Morgan fingerprint density at radius 2 is 1.85 bits per heavy atom. The third-order valence-electron chi connectivity index (χ3n) is 5.92. The lowest BCUT2D eigenvalue weighted by molar-refractivity contribution is 0.194. The SMILES string of the molecule is Cc1ccc2nnc(C3CCN(Cc4nnc5n4CCCCC5)CC3)n2n1. The van der Waals surface area contributed by atoms with Crippen LogP contribution in [0.1, 0.15) is 61.2 Å². The molecule has 5 rings (SSSR count). The first-order valence-corrected chi connectivity index (χ1v) is 10.1. The van der Waals surface area contributed by atoms with E-state index in [2.05, 4.69) is 35.0 Å². The lowest BCUT2D eigenvalue weighted by Crippen LogP contribution is -2.34. The van der Waals surface area contributed by atoms with Crippen LogP contribution in [0.5, 0.6) is 0 Å². The van der Waals surface area contributed by atoms with Gasteiger partial charge in [0.15, 0.2) is 11.5 Å². The summed E-state index contributed by atoms with van der Waals surface area (Å²) in [5.74, 6) is 3.73. The number of nitrogens with zero attached hydrogens (tertiary/aromatic N) is 8. The smallest absolute Gasteiger partial charge is 0.177 e. The zero-order valence-corrected chi connectivity index (χ0v) is 15.9. The quantitative estimate of drug-likeness (QED) is 0.707. The van der Waals surface area contributed by atoms with E-state index in [4.69, 9.17) is 0 Å². The van der Waals surface area contributed by atoms with Gasteiger partial charge in [0.25, 0.3) is 0 Å². The first kappa shape index (κ1) is 16.8. The van der Waals surface area contributed by atoms with Gasteiger partial charge in [0, 0.05) is 18.9 Å². The molecule has 0 radical (unpaired) electrons. The highest BCUT2D eigenvalue weighted by atomic mass is 15.4. The molecule has 0 aromatic carbocycles. The predicted molar refractivity (Wildman–Crippen MR) is 100 cm³/mol. The van der Waals surface area contributed by atoms with Crippen molar-refractivity contribution in [2.24, 2.45) is 0 Å². The highest BCUT2D eigenvalue weighted by Gasteiger charge is 2.26. The maximum atomic E-state index is 4.60. The monoisotopic (exact) mass is 366 g/mol. The molecule has 2 aliphatic heterocycles. The summed E-state index contributed by atoms with van der Waals surface area (Å²) in [6.07, 6.45) is 7.01. The van der Waals surface area contributed by atoms with E-state index in [9.17, 15) is 0 Å². The fraction of sp³-hybridized carbons (Fsp3) is 0.632. The molecule has 0 unspecified atom stereocenters. The summed E-state index contributed by atoms with van der Waals surface area (Å²) in [6, 6.07) is 3.98. The van der Waals surface area contributed by atoms with Gasteiger partial charge in [-0.2, -0.15) is 9.61 Å². The van der Waals surface area contributed by atoms with Crippen molar-refractivity contribution in [2.75, 3.05) is 13.1 Å². The Kier molecular flexibility index (Phi) is 4.35. The molecule has 0 N–H and O–H groups in total. The molecule has 0 aliphatic carbocycles. The number of piperidine rings is 1. The van der Waals surface area contributed by atoms with Crippen molar-refractivity contribution in [3.63, 3.8) is 0 Å². The number of hydrogen-bond acceptors (Lipinski definition) is 6. The van der Waals surface area contributed by atoms with Gasteiger partial charge in [-0.25, -0.2) is 0 Å².